The van der Waals surface area contributed by atoms with Crippen LogP contribution < -0.4 is 4.72 Å². The van der Waals surface area contributed by atoms with Crippen LogP contribution in [0.4, 0.5) is 0 Å². The number of hydrogen-bond donors (Lipinski definition) is 3. The summed E-state index contributed by atoms with van der Waals surface area (Å²) in [7, 11) is -3.97. The minimum absolute atomic E-state index is 0.00758. The van der Waals surface area contributed by atoms with Gasteiger partial charge in [0.05, 0.1) is 11.4 Å². The largest absolute Gasteiger partial charge is 0.480 e. The maximum atomic E-state index is 12.4. The van der Waals surface area contributed by atoms with E-state index in [2.05, 4.69) is 14.9 Å². The van der Waals surface area contributed by atoms with Crippen LogP contribution in [0.25, 0.3) is 0 Å². The summed E-state index contributed by atoms with van der Waals surface area (Å²) in [6.07, 6.45) is 0.0609. The van der Waals surface area contributed by atoms with Gasteiger partial charge in [0.15, 0.2) is 0 Å². The van der Waals surface area contributed by atoms with Crippen molar-refractivity contribution >= 4 is 16.0 Å². The molecule has 1 aromatic heterocycles. The van der Waals surface area contributed by atoms with Gasteiger partial charge in [0, 0.05) is 0 Å². The fourth-order valence-electron chi connectivity index (χ4n) is 2.21. The summed E-state index contributed by atoms with van der Waals surface area (Å²) in [6, 6.07) is 7.60. The summed E-state index contributed by atoms with van der Waals surface area (Å²) in [6.45, 7) is 3.12. The smallest absolute Gasteiger partial charge is 0.322 e. The van der Waals surface area contributed by atoms with Gasteiger partial charge in [-0.3, -0.25) is 9.89 Å². The Morgan fingerprint density at radius 3 is 2.45 bits per heavy atom. The first-order chi connectivity index (χ1) is 10.3. The second-order valence-corrected chi connectivity index (χ2v) is 6.62. The SMILES string of the molecule is Cc1n[nH]c(C)c1S(=O)(=O)N[C@@H](Cc1ccccc1)C(=O)O. The molecule has 1 aromatic carbocycles. The zero-order valence-corrected chi connectivity index (χ0v) is 13.0. The van der Waals surface area contributed by atoms with Gasteiger partial charge in [-0.2, -0.15) is 9.82 Å². The summed E-state index contributed by atoms with van der Waals surface area (Å²) >= 11 is 0. The number of nitrogens with zero attached hydrogens (tertiary/aromatic N) is 1. The summed E-state index contributed by atoms with van der Waals surface area (Å²) in [5.74, 6) is -1.23. The Balaban J connectivity index is 2.26. The number of benzene rings is 1. The molecule has 0 spiro atoms. The van der Waals surface area contributed by atoms with E-state index in [1.165, 1.54) is 0 Å². The van der Waals surface area contributed by atoms with E-state index >= 15 is 0 Å². The molecule has 0 unspecified atom stereocenters. The summed E-state index contributed by atoms with van der Waals surface area (Å²) in [5, 5.41) is 15.7. The summed E-state index contributed by atoms with van der Waals surface area (Å²) < 4.78 is 27.0. The molecule has 22 heavy (non-hydrogen) atoms. The normalized spacial score (nSPS) is 13.0. The Bertz CT molecular complexity index is 749. The van der Waals surface area contributed by atoms with Crippen molar-refractivity contribution in [1.29, 1.82) is 0 Å². The lowest BCUT2D eigenvalue weighted by molar-refractivity contribution is -0.138. The van der Waals surface area contributed by atoms with Gasteiger partial charge in [0.1, 0.15) is 10.9 Å². The Hall–Kier alpha value is -2.19. The van der Waals surface area contributed by atoms with E-state index in [1.54, 1.807) is 38.1 Å². The Labute approximate surface area is 128 Å². The number of carboxylic acids is 1. The van der Waals surface area contributed by atoms with Gasteiger partial charge in [-0.05, 0) is 25.8 Å². The van der Waals surface area contributed by atoms with Crippen molar-refractivity contribution in [3.63, 3.8) is 0 Å². The van der Waals surface area contributed by atoms with Crippen LogP contribution in [0.3, 0.4) is 0 Å². The van der Waals surface area contributed by atoms with Crippen LogP contribution in [0.2, 0.25) is 0 Å². The quantitative estimate of drug-likeness (QED) is 0.734. The monoisotopic (exact) mass is 323 g/mol. The third kappa shape index (κ3) is 3.52. The van der Waals surface area contributed by atoms with Gasteiger partial charge < -0.3 is 5.11 Å². The molecule has 118 valence electrons. The van der Waals surface area contributed by atoms with E-state index in [-0.39, 0.29) is 11.3 Å². The fourth-order valence-corrected chi connectivity index (χ4v) is 3.77. The third-order valence-corrected chi connectivity index (χ3v) is 4.94. The van der Waals surface area contributed by atoms with Crippen molar-refractivity contribution in [2.24, 2.45) is 0 Å². The average molecular weight is 323 g/mol. The van der Waals surface area contributed by atoms with Gasteiger partial charge in [-0.15, -0.1) is 0 Å². The van der Waals surface area contributed by atoms with Crippen molar-refractivity contribution in [3.05, 3.63) is 47.3 Å². The highest BCUT2D eigenvalue weighted by atomic mass is 32.2. The molecule has 2 aromatic rings. The molecule has 0 fully saturated rings. The van der Waals surface area contributed by atoms with Crippen LogP contribution in [-0.2, 0) is 21.2 Å². The van der Waals surface area contributed by atoms with Gasteiger partial charge in [-0.25, -0.2) is 8.42 Å². The predicted octanol–water partition coefficient (Wildman–Crippen LogP) is 1.00. The molecule has 8 heteroatoms. The standard InChI is InChI=1S/C14H17N3O4S/c1-9-13(10(2)16-15-9)22(20,21)17-12(14(18)19)8-11-6-4-3-5-7-11/h3-7,12,17H,8H2,1-2H3,(H,15,16)(H,18,19)/t12-/m0/s1. The molecule has 0 aliphatic carbocycles. The minimum Gasteiger partial charge on any atom is -0.480 e. The molecule has 0 radical (unpaired) electrons. The lowest BCUT2D eigenvalue weighted by Crippen LogP contribution is -2.42. The maximum absolute atomic E-state index is 12.4. The number of aromatic nitrogens is 2. The molecule has 0 bridgehead atoms. The van der Waals surface area contributed by atoms with Crippen molar-refractivity contribution in [3.8, 4) is 0 Å². The van der Waals surface area contributed by atoms with E-state index in [0.29, 0.717) is 11.4 Å². The minimum atomic E-state index is -3.97. The molecule has 7 nitrogen and oxygen atoms in total. The van der Waals surface area contributed by atoms with Crippen LogP contribution >= 0.6 is 0 Å². The second-order valence-electron chi connectivity index (χ2n) is 4.96. The number of hydrogen-bond acceptors (Lipinski definition) is 4. The molecular formula is C14H17N3O4S. The van der Waals surface area contributed by atoms with Crippen LogP contribution in [0.15, 0.2) is 35.2 Å². The highest BCUT2D eigenvalue weighted by Gasteiger charge is 2.29. The molecule has 3 N–H and O–H groups in total. The highest BCUT2D eigenvalue weighted by Crippen LogP contribution is 2.17. The van der Waals surface area contributed by atoms with E-state index in [9.17, 15) is 18.3 Å². The molecule has 0 aliphatic heterocycles. The average Bonchev–Trinajstić information content (AvgIpc) is 2.79. The molecule has 0 saturated heterocycles. The van der Waals surface area contributed by atoms with Crippen LogP contribution in [-0.4, -0.2) is 35.7 Å². The summed E-state index contributed by atoms with van der Waals surface area (Å²) in [4.78, 5) is 11.4. The lowest BCUT2D eigenvalue weighted by atomic mass is 10.1. The van der Waals surface area contributed by atoms with Gasteiger partial charge >= 0.3 is 5.97 Å². The molecule has 0 amide bonds. The van der Waals surface area contributed by atoms with Gasteiger partial charge in [-0.1, -0.05) is 30.3 Å². The number of rotatable bonds is 6. The van der Waals surface area contributed by atoms with Crippen molar-refractivity contribution in [2.45, 2.75) is 31.2 Å². The Morgan fingerprint density at radius 2 is 1.95 bits per heavy atom. The second kappa shape index (κ2) is 6.29. The van der Waals surface area contributed by atoms with Crippen molar-refractivity contribution in [1.82, 2.24) is 14.9 Å². The fraction of sp³-hybridized carbons (Fsp3) is 0.286. The van der Waals surface area contributed by atoms with Crippen molar-refractivity contribution in [2.75, 3.05) is 0 Å². The molecule has 0 saturated carbocycles. The molecule has 1 heterocycles. The topological polar surface area (TPSA) is 112 Å². The number of H-pyrrole nitrogens is 1. The van der Waals surface area contributed by atoms with Gasteiger partial charge in [0.2, 0.25) is 10.0 Å². The van der Waals surface area contributed by atoms with Crippen molar-refractivity contribution < 1.29 is 18.3 Å². The van der Waals surface area contributed by atoms with E-state index in [4.69, 9.17) is 0 Å². The van der Waals surface area contributed by atoms with Gasteiger partial charge in [0.25, 0.3) is 0 Å². The van der Waals surface area contributed by atoms with E-state index < -0.39 is 22.0 Å². The zero-order chi connectivity index (χ0) is 16.3. The molecular weight excluding hydrogens is 306 g/mol. The van der Waals surface area contributed by atoms with Crippen LogP contribution in [0.1, 0.15) is 17.0 Å². The molecule has 1 atom stereocenters. The number of sulfonamides is 1. The first kappa shape index (κ1) is 16.2. The van der Waals surface area contributed by atoms with E-state index in [1.807, 2.05) is 6.07 Å². The summed E-state index contributed by atoms with van der Waals surface area (Å²) in [5.41, 5.74) is 1.40. The molecule has 0 aliphatic rings. The van der Waals surface area contributed by atoms with Crippen LogP contribution in [0.5, 0.6) is 0 Å². The predicted molar refractivity (Wildman–Crippen MR) is 80.0 cm³/mol. The first-order valence-corrected chi connectivity index (χ1v) is 8.10. The number of aromatic amines is 1. The van der Waals surface area contributed by atoms with E-state index in [0.717, 1.165) is 5.56 Å². The first-order valence-electron chi connectivity index (χ1n) is 6.62. The zero-order valence-electron chi connectivity index (χ0n) is 12.2. The maximum Gasteiger partial charge on any atom is 0.322 e. The van der Waals surface area contributed by atoms with Crippen LogP contribution in [0, 0.1) is 13.8 Å². The number of aryl methyl sites for hydroxylation is 2. The number of carbonyl (C=O) groups is 1. The molecule has 2 rings (SSSR count). The number of carboxylic acid groups (broad SMARTS) is 1. The number of aliphatic carboxylic acids is 1. The lowest BCUT2D eigenvalue weighted by Gasteiger charge is -2.15. The highest BCUT2D eigenvalue weighted by molar-refractivity contribution is 7.89. The third-order valence-electron chi connectivity index (χ3n) is 3.21. The Morgan fingerprint density at radius 1 is 1.32 bits per heavy atom. The Kier molecular flexibility index (Phi) is 4.62. The number of nitrogens with one attached hydrogen (secondary N) is 2.